The van der Waals surface area contributed by atoms with Crippen molar-refractivity contribution in [1.29, 1.82) is 0 Å². The van der Waals surface area contributed by atoms with Gasteiger partial charge in [0.1, 0.15) is 23.1 Å². The Hall–Kier alpha value is -8.34. The van der Waals surface area contributed by atoms with E-state index < -0.39 is 11.6 Å². The first-order valence-corrected chi connectivity index (χ1v) is 23.6. The molecule has 1 aliphatic heterocycles. The minimum Gasteiger partial charge on any atom is -0.509 e. The molecular formula is C64H44F2N4OPt+2. The Morgan fingerprint density at radius 3 is 1.82 bits per heavy atom. The van der Waals surface area contributed by atoms with Crippen molar-refractivity contribution in [1.82, 2.24) is 18.7 Å². The number of para-hydroxylation sites is 4. The number of pyridine rings is 1. The van der Waals surface area contributed by atoms with Gasteiger partial charge in [-0.1, -0.05) is 164 Å². The molecule has 1 aliphatic rings. The number of hydrogen-bond donors (Lipinski definition) is 0. The molecule has 0 spiro atoms. The van der Waals surface area contributed by atoms with Gasteiger partial charge in [0.2, 0.25) is 5.69 Å². The number of nitrogens with zero attached hydrogens (tertiary/aromatic N) is 4. The van der Waals surface area contributed by atoms with E-state index in [1.807, 2.05) is 94.2 Å². The van der Waals surface area contributed by atoms with Crippen molar-refractivity contribution in [3.8, 4) is 61.8 Å². The minimum absolute atomic E-state index is 0. The van der Waals surface area contributed by atoms with E-state index in [4.69, 9.17) is 9.72 Å². The van der Waals surface area contributed by atoms with Gasteiger partial charge in [0.15, 0.2) is 0 Å². The second-order valence-electron chi connectivity index (χ2n) is 18.7. The molecule has 348 valence electrons. The number of hydrogen-bond acceptors (Lipinski definition) is 2. The van der Waals surface area contributed by atoms with Gasteiger partial charge in [0.25, 0.3) is 11.4 Å². The molecule has 0 N–H and O–H groups in total. The predicted molar refractivity (Wildman–Crippen MR) is 284 cm³/mol. The molecule has 3 heterocycles. The van der Waals surface area contributed by atoms with E-state index in [2.05, 4.69) is 153 Å². The van der Waals surface area contributed by atoms with Crippen LogP contribution in [0, 0.1) is 23.8 Å². The van der Waals surface area contributed by atoms with Crippen LogP contribution in [0.25, 0.3) is 72.1 Å². The summed E-state index contributed by atoms with van der Waals surface area (Å²) < 4.78 is 42.6. The van der Waals surface area contributed by atoms with Gasteiger partial charge in [0.05, 0.1) is 5.56 Å². The molecule has 0 radical (unpaired) electrons. The van der Waals surface area contributed by atoms with Gasteiger partial charge in [0, 0.05) is 47.5 Å². The van der Waals surface area contributed by atoms with Crippen LogP contribution in [0.3, 0.4) is 0 Å². The molecule has 0 aliphatic carbocycles. The fourth-order valence-corrected chi connectivity index (χ4v) is 9.76. The van der Waals surface area contributed by atoms with Crippen LogP contribution in [0.4, 0.5) is 31.5 Å². The van der Waals surface area contributed by atoms with Crippen molar-refractivity contribution < 1.29 is 34.6 Å². The topological polar surface area (TPSA) is 33.1 Å². The number of benzene rings is 9. The maximum atomic E-state index is 14.8. The number of ether oxygens (including phenoxy) is 1. The third-order valence-corrected chi connectivity index (χ3v) is 13.1. The van der Waals surface area contributed by atoms with Crippen LogP contribution in [0.2, 0.25) is 0 Å². The first kappa shape index (κ1) is 46.1. The van der Waals surface area contributed by atoms with Crippen molar-refractivity contribution in [3.63, 3.8) is 0 Å². The quantitative estimate of drug-likeness (QED) is 0.107. The van der Waals surface area contributed by atoms with Gasteiger partial charge in [-0.3, -0.25) is 0 Å². The first-order chi connectivity index (χ1) is 34.6. The Balaban J connectivity index is 0.00000560. The van der Waals surface area contributed by atoms with Gasteiger partial charge in [-0.05, 0) is 90.7 Å². The zero-order chi connectivity index (χ0) is 48.2. The third kappa shape index (κ3) is 8.47. The molecule has 8 heteroatoms. The van der Waals surface area contributed by atoms with Gasteiger partial charge in [-0.2, -0.15) is 6.07 Å². The molecule has 72 heavy (non-hydrogen) atoms. The van der Waals surface area contributed by atoms with E-state index in [1.54, 1.807) is 0 Å². The molecular weight excluding hydrogens is 1070 g/mol. The Morgan fingerprint density at radius 1 is 0.514 bits per heavy atom. The number of fused-ring (bicyclic) bond motifs is 4. The molecule has 5 nitrogen and oxygen atoms in total. The largest absolute Gasteiger partial charge is 2.00 e. The van der Waals surface area contributed by atoms with Crippen LogP contribution in [-0.4, -0.2) is 15.6 Å². The zero-order valence-electron chi connectivity index (χ0n) is 39.5. The smallest absolute Gasteiger partial charge is 0.509 e. The van der Waals surface area contributed by atoms with E-state index in [1.165, 1.54) is 17.7 Å². The van der Waals surface area contributed by atoms with Crippen molar-refractivity contribution in [2.24, 2.45) is 0 Å². The van der Waals surface area contributed by atoms with Gasteiger partial charge >= 0.3 is 27.1 Å². The fraction of sp³-hybridized carbons (Fsp3) is 0.0625. The molecule has 0 bridgehead atoms. The standard InChI is InChI=1S/C64H44F2N4O.Pt/c1-64(2,3)46-31-32-67-62(37-46)70-58-26-13-11-22-55(58)56-30-29-50(40-61(56)70)71-51-36-45(63-53(42-17-6-4-7-18-42)23-16-24-54(63)43-19-8-5-9-20-43)35-49(39-51)68-41-69(60-28-15-14-27-59(60)68)57-25-12-10-21-52(57)44-33-47(65)38-48(66)34-44;/h4-38H,1-3H3;/q;+2. The molecule has 0 fully saturated rings. The summed E-state index contributed by atoms with van der Waals surface area (Å²) in [4.78, 5) is 4.90. The Kier molecular flexibility index (Phi) is 12.0. The fourth-order valence-electron chi connectivity index (χ4n) is 9.76. The molecule has 0 saturated carbocycles. The summed E-state index contributed by atoms with van der Waals surface area (Å²) in [5, 5.41) is 2.11. The van der Waals surface area contributed by atoms with E-state index in [0.29, 0.717) is 34.0 Å². The van der Waals surface area contributed by atoms with Crippen LogP contribution >= 0.6 is 0 Å². The van der Waals surface area contributed by atoms with Crippen LogP contribution in [0.15, 0.2) is 212 Å². The van der Waals surface area contributed by atoms with Crippen LogP contribution in [0.5, 0.6) is 11.5 Å². The molecule has 0 saturated heterocycles. The monoisotopic (exact) mass is 1120 g/mol. The van der Waals surface area contributed by atoms with Gasteiger partial charge in [-0.25, -0.2) is 13.8 Å². The first-order valence-electron chi connectivity index (χ1n) is 23.6. The molecule has 0 unspecified atom stereocenters. The summed E-state index contributed by atoms with van der Waals surface area (Å²) in [6.45, 7) is 6.62. The maximum absolute atomic E-state index is 14.8. The van der Waals surface area contributed by atoms with Crippen molar-refractivity contribution in [2.45, 2.75) is 26.2 Å². The summed E-state index contributed by atoms with van der Waals surface area (Å²) in [5.74, 6) is 0.449. The average Bonchev–Trinajstić information content (AvgIpc) is 3.94. The summed E-state index contributed by atoms with van der Waals surface area (Å²) in [6, 6.07) is 78.2. The normalized spacial score (nSPS) is 12.1. The maximum Gasteiger partial charge on any atom is 2.00 e. The van der Waals surface area contributed by atoms with Crippen LogP contribution < -0.4 is 13.9 Å². The molecule has 0 atom stereocenters. The summed E-state index contributed by atoms with van der Waals surface area (Å²) in [5.41, 5.74) is 13.1. The second kappa shape index (κ2) is 18.8. The van der Waals surface area contributed by atoms with Crippen molar-refractivity contribution in [2.75, 3.05) is 0 Å². The van der Waals surface area contributed by atoms with E-state index in [0.717, 1.165) is 78.4 Å². The van der Waals surface area contributed by atoms with Crippen LogP contribution in [-0.2, 0) is 26.5 Å². The number of halogens is 2. The molecule has 2 aromatic heterocycles. The predicted octanol–water partition coefficient (Wildman–Crippen LogP) is 16.7. The zero-order valence-corrected chi connectivity index (χ0v) is 41.7. The van der Waals surface area contributed by atoms with Crippen molar-refractivity contribution >= 4 is 50.6 Å². The van der Waals surface area contributed by atoms with E-state index >= 15 is 0 Å². The molecule has 11 aromatic rings. The minimum atomic E-state index is -0.653. The molecule has 0 amide bonds. The summed E-state index contributed by atoms with van der Waals surface area (Å²) >= 11 is 0. The van der Waals surface area contributed by atoms with Crippen molar-refractivity contribution in [3.05, 3.63) is 242 Å². The average molecular weight is 1120 g/mol. The SMILES string of the molecule is CC(C)(C)c1ccnc(-n2c3[c-]c(Oc4[c-]c([N+]5=C=[N+](c6ccccc6-c6cc(F)cc(F)c6)c6ccccc65)cc(-c5c(-c6ccccc6)cccc5-c5ccccc5)c4)ccc3c3ccccc32)c1.[Pt+2]. The van der Waals surface area contributed by atoms with Gasteiger partial charge < -0.3 is 9.30 Å². The second-order valence-corrected chi connectivity index (χ2v) is 18.7. The Labute approximate surface area is 431 Å². The van der Waals surface area contributed by atoms with Crippen LogP contribution in [0.1, 0.15) is 26.3 Å². The third-order valence-electron chi connectivity index (χ3n) is 13.1. The molecule has 12 rings (SSSR count). The van der Waals surface area contributed by atoms with E-state index in [9.17, 15) is 8.78 Å². The van der Waals surface area contributed by atoms with E-state index in [-0.39, 0.29) is 26.5 Å². The van der Waals surface area contributed by atoms with Gasteiger partial charge in [-0.15, -0.1) is 29.1 Å². The number of rotatable bonds is 9. The Morgan fingerprint density at radius 2 is 1.12 bits per heavy atom. The summed E-state index contributed by atoms with van der Waals surface area (Å²) in [6.07, 6.45) is 1.88. The summed E-state index contributed by atoms with van der Waals surface area (Å²) in [7, 11) is 0. The Bertz CT molecular complexity index is 3890. The molecule has 9 aromatic carbocycles. The number of aromatic nitrogens is 2.